The molecule has 0 fully saturated rings. The Morgan fingerprint density at radius 1 is 0.260 bits per heavy atom. The molecule has 2 unspecified atom stereocenters. The van der Waals surface area contributed by atoms with E-state index in [1.165, 1.54) is 206 Å². The molecular weight excluding hydrogens is 2200 g/mol. The molecule has 4 nitrogen and oxygen atoms in total. The molecule has 0 saturated heterocycles. The van der Waals surface area contributed by atoms with Gasteiger partial charge in [0.1, 0.15) is 0 Å². The molecule has 662 valence electrons. The second-order valence-corrected chi connectivity index (χ2v) is 56.2. The maximum atomic E-state index is 5.84. The molecule has 0 radical (unpaired) electrons. The topological polar surface area (TPSA) is 36.9 Å². The van der Waals surface area contributed by atoms with Gasteiger partial charge < -0.3 is 0 Å². The van der Waals surface area contributed by atoms with Gasteiger partial charge in [0.15, 0.2) is 0 Å². The van der Waals surface area contributed by atoms with Crippen LogP contribution in [0.4, 0.5) is 0 Å². The average molecular weight is 2340 g/mol. The first-order valence-corrected chi connectivity index (χ1v) is 61.6. The molecule has 0 N–H and O–H groups in total. The van der Waals surface area contributed by atoms with Crippen LogP contribution in [0.2, 0.25) is 25.7 Å². The second kappa shape index (κ2) is 64.8. The summed E-state index contributed by atoms with van der Waals surface area (Å²) in [5.41, 5.74) is 5.55. The van der Waals surface area contributed by atoms with Crippen LogP contribution in [0.25, 0.3) is 0 Å². The van der Waals surface area contributed by atoms with Crippen molar-refractivity contribution in [1.29, 1.82) is 0 Å². The maximum absolute atomic E-state index is 5.84. The number of rotatable bonds is 45. The molecule has 12 rings (SSSR count). The van der Waals surface area contributed by atoms with E-state index in [-0.39, 0.29) is 133 Å². The number of halogens is 6. The quantitative estimate of drug-likeness (QED) is 0.0165. The molecule has 0 saturated carbocycles. The molecule has 0 aromatic heterocycles. The van der Waals surface area contributed by atoms with Gasteiger partial charge in [-0.25, -0.2) is 0 Å². The van der Waals surface area contributed by atoms with Crippen LogP contribution in [0.1, 0.15) is 185 Å². The van der Waals surface area contributed by atoms with E-state index in [1.807, 2.05) is 19.1 Å². The number of unbranched alkanes of at least 4 members (excludes halogenated alkanes) is 16. The summed E-state index contributed by atoms with van der Waals surface area (Å²) in [6.45, 7) is 32.6. The molecule has 0 bridgehead atoms. The predicted octanol–water partition coefficient (Wildman–Crippen LogP) is 12.1. The summed E-state index contributed by atoms with van der Waals surface area (Å²) in [7, 11) is -0.923. The number of benzene rings is 12. The van der Waals surface area contributed by atoms with Crippen LogP contribution in [0.3, 0.4) is 0 Å². The van der Waals surface area contributed by atoms with Gasteiger partial charge in [-0.3, -0.25) is 0 Å². The number of aryl methyl sites for hydroxylation is 4. The van der Waals surface area contributed by atoms with Crippen molar-refractivity contribution in [2.45, 2.75) is 222 Å². The van der Waals surface area contributed by atoms with Gasteiger partial charge in [-0.2, -0.15) is 0 Å². The van der Waals surface area contributed by atoms with Crippen LogP contribution < -0.4 is 146 Å². The molecule has 0 aliphatic heterocycles. The summed E-state index contributed by atoms with van der Waals surface area (Å²) >= 11 is -0.307. The summed E-state index contributed by atoms with van der Waals surface area (Å²) in [5.74, 6) is 4.47. The van der Waals surface area contributed by atoms with Crippen LogP contribution in [0, 0.1) is 83.4 Å². The molecule has 0 aliphatic rings. The van der Waals surface area contributed by atoms with E-state index in [0.717, 1.165) is 49.2 Å². The minimum absolute atomic E-state index is 0.00313. The fourth-order valence-electron chi connectivity index (χ4n) is 12.4. The Labute approximate surface area is 809 Å². The number of hydrogen-bond donors (Lipinski definition) is 0. The molecular formula is C112H140I6O4Si-4. The molecule has 12 aromatic carbocycles. The molecule has 0 spiro atoms. The van der Waals surface area contributed by atoms with E-state index >= 15 is 0 Å². The first-order valence-electron chi connectivity index (χ1n) is 44.9. The van der Waals surface area contributed by atoms with Crippen LogP contribution in [-0.2, 0) is 6.42 Å². The normalized spacial score (nSPS) is 11.4. The average Bonchev–Trinajstić information content (AvgIpc) is 0.858. The van der Waals surface area contributed by atoms with Crippen molar-refractivity contribution in [2.24, 2.45) is 5.92 Å². The standard InChI is InChI=1S/C25H36I.C20H25IO.C20H26IO.C18H24IOSi.C15H15IO.C14H14I/c1-3-4-5-6-7-8-9-10-11-12-13-23-16-20-25(21-17-23)26-24-18-14-22(2)15-19-24;1-17(2)9-5-4-8-16-22-20-14-12-19(13-15-20)21-18-10-6-3-7-11-18;1-2-3-4-5-6-10-17-22-20-15-13-19(14-16-20)21-18-11-8-7-9-12-18;1-21(2,3)15-7-14-20-18-12-10-17(11-13-18)19-16-8-5-4-6-9-16;1-12(2)17-15-10-8-14(9-11-15)16-13-6-4-3-5-7-13;1-11-3-7-13(8-4-11)15-14-9-5-12(2)6-10-14/h14-21H,3-13H2,1-2H3;3,6-7,10-15,17H,1,4-5,8-9,16H2,2H3;7-9,11-16H,2-6,10,17H2,1H3;4-6,8-13H,7,14-15H2,1-3H3;3-12H,1H2,2H3;3-10H,1-2H3/q-1;;2*-1;;-1. The van der Waals surface area contributed by atoms with E-state index in [1.54, 1.807) is 0 Å². The molecule has 0 amide bonds. The predicted molar refractivity (Wildman–Crippen MR) is 502 cm³/mol. The van der Waals surface area contributed by atoms with Crippen LogP contribution in [0.15, 0.2) is 315 Å². The summed E-state index contributed by atoms with van der Waals surface area (Å²) in [6.07, 6.45) is 29.3. The van der Waals surface area contributed by atoms with Crippen LogP contribution >= 0.6 is 0 Å². The van der Waals surface area contributed by atoms with E-state index in [4.69, 9.17) is 18.9 Å². The summed E-state index contributed by atoms with van der Waals surface area (Å²) in [6, 6.07) is 115. The molecule has 0 heterocycles. The SMILES string of the molecule is CCCCCCCCCCCCc1ccc([I-]c2ccc(C)cc2)cc1.CCCCCCCCOc1ccc([I-]c2ccccc2)cc1.C[Si](C)(C)CCCOc1ccc([I-]c2ccccc2)cc1.Cc1ccc([I-]c2ccc(C)cc2)cc1.[CH2+]C(C)CCCCCOc1ccc([I-]c2ccccc2)cc1.[CH2+]C(C)Oc1ccc([I-]c2ccccc2)cc1. The van der Waals surface area contributed by atoms with Gasteiger partial charge >= 0.3 is 786 Å². The van der Waals surface area contributed by atoms with Crippen molar-refractivity contribution in [3.63, 3.8) is 0 Å². The Hall–Kier alpha value is -5.82. The zero-order chi connectivity index (χ0) is 87.4. The van der Waals surface area contributed by atoms with Gasteiger partial charge in [0.25, 0.3) is 0 Å². The monoisotopic (exact) mass is 2340 g/mol. The first kappa shape index (κ1) is 104. The molecule has 2 atom stereocenters. The third-order valence-corrected chi connectivity index (χ3v) is 37.3. The molecule has 12 aromatic rings. The van der Waals surface area contributed by atoms with Crippen molar-refractivity contribution in [2.75, 3.05) is 19.8 Å². The molecule has 123 heavy (non-hydrogen) atoms. The Balaban J connectivity index is 0.000000204. The van der Waals surface area contributed by atoms with E-state index in [9.17, 15) is 0 Å². The minimum atomic E-state index is -0.923. The molecule has 11 heteroatoms. The number of hydrogen-bond acceptors (Lipinski definition) is 4. The van der Waals surface area contributed by atoms with Crippen LogP contribution in [-0.4, -0.2) is 34.0 Å². The fraction of sp³-hybridized carbons (Fsp3) is 0.339. The van der Waals surface area contributed by atoms with Crippen molar-refractivity contribution in [3.8, 4) is 23.0 Å². The zero-order valence-electron chi connectivity index (χ0n) is 75.4. The van der Waals surface area contributed by atoms with Gasteiger partial charge in [-0.1, -0.05) is 33.1 Å². The second-order valence-electron chi connectivity index (χ2n) is 32.4. The van der Waals surface area contributed by atoms with E-state index in [2.05, 4.69) is 378 Å². The van der Waals surface area contributed by atoms with Crippen LogP contribution in [0.5, 0.6) is 23.0 Å². The summed E-state index contributed by atoms with van der Waals surface area (Å²) in [4.78, 5) is 0. The summed E-state index contributed by atoms with van der Waals surface area (Å²) in [5, 5.41) is 0. The van der Waals surface area contributed by atoms with Crippen molar-refractivity contribution >= 4 is 8.07 Å². The summed E-state index contributed by atoms with van der Waals surface area (Å²) < 4.78 is 40.5. The fourth-order valence-corrected chi connectivity index (χ4v) is 26.8. The van der Waals surface area contributed by atoms with Gasteiger partial charge in [0.05, 0.1) is 0 Å². The van der Waals surface area contributed by atoms with Gasteiger partial charge in [0.2, 0.25) is 0 Å². The van der Waals surface area contributed by atoms with Gasteiger partial charge in [0, 0.05) is 0 Å². The zero-order valence-corrected chi connectivity index (χ0v) is 89.3. The third-order valence-electron chi connectivity index (χ3n) is 19.3. The molecule has 0 aliphatic carbocycles. The van der Waals surface area contributed by atoms with E-state index in [0.29, 0.717) is 5.92 Å². The Kier molecular flexibility index (Phi) is 54.9. The Morgan fingerprint density at radius 3 is 0.772 bits per heavy atom. The van der Waals surface area contributed by atoms with Crippen molar-refractivity contribution in [1.82, 2.24) is 0 Å². The van der Waals surface area contributed by atoms with E-state index < -0.39 is 8.07 Å². The first-order chi connectivity index (χ1) is 59.9. The Bertz CT molecular complexity index is 4510. The van der Waals surface area contributed by atoms with Gasteiger partial charge in [-0.05, 0) is 0 Å². The number of ether oxygens (including phenoxy) is 4. The van der Waals surface area contributed by atoms with Gasteiger partial charge in [-0.15, -0.1) is 0 Å². The Morgan fingerprint density at radius 2 is 0.496 bits per heavy atom. The third kappa shape index (κ3) is 51.1. The van der Waals surface area contributed by atoms with Crippen molar-refractivity contribution in [3.05, 3.63) is 394 Å². The van der Waals surface area contributed by atoms with Crippen molar-refractivity contribution < 1.29 is 146 Å².